The maximum Gasteiger partial charge on any atom is 0.409 e. The molecule has 1 aliphatic heterocycles. The number of hydrogen-bond donors (Lipinski definition) is 2. The van der Waals surface area contributed by atoms with E-state index in [1.54, 1.807) is 11.8 Å². The summed E-state index contributed by atoms with van der Waals surface area (Å²) in [5.41, 5.74) is 0.294. The third kappa shape index (κ3) is 5.94. The summed E-state index contributed by atoms with van der Waals surface area (Å²) in [4.78, 5) is 38.5. The fourth-order valence-electron chi connectivity index (χ4n) is 3.07. The Morgan fingerprint density at radius 1 is 1.18 bits per heavy atom. The summed E-state index contributed by atoms with van der Waals surface area (Å²) in [6, 6.07) is 4.39. The molecule has 1 aromatic carbocycles. The predicted octanol–water partition coefficient (Wildman–Crippen LogP) is 2.32. The van der Waals surface area contributed by atoms with Crippen molar-refractivity contribution in [1.29, 1.82) is 0 Å². The average Bonchev–Trinajstić information content (AvgIpc) is 2.66. The van der Waals surface area contributed by atoms with Crippen molar-refractivity contribution in [1.82, 2.24) is 15.5 Å². The highest BCUT2D eigenvalue weighted by atomic mass is 19.1. The summed E-state index contributed by atoms with van der Waals surface area (Å²) in [6.07, 6.45) is 0.918. The third-order valence-electron chi connectivity index (χ3n) is 4.71. The first-order valence-corrected chi connectivity index (χ1v) is 9.60. The second-order valence-electron chi connectivity index (χ2n) is 7.17. The number of carbonyl (C=O) groups excluding carboxylic acids is 3. The van der Waals surface area contributed by atoms with Gasteiger partial charge in [-0.1, -0.05) is 13.8 Å². The van der Waals surface area contributed by atoms with Crippen LogP contribution in [0.1, 0.15) is 44.0 Å². The Morgan fingerprint density at radius 2 is 1.79 bits per heavy atom. The molecule has 1 heterocycles. The number of carbonyl (C=O) groups is 3. The predicted molar refractivity (Wildman–Crippen MR) is 102 cm³/mol. The van der Waals surface area contributed by atoms with Gasteiger partial charge in [0.2, 0.25) is 5.91 Å². The zero-order valence-electron chi connectivity index (χ0n) is 16.5. The Bertz CT molecular complexity index is 685. The van der Waals surface area contributed by atoms with Crippen LogP contribution < -0.4 is 10.6 Å². The van der Waals surface area contributed by atoms with Gasteiger partial charge in [0.15, 0.2) is 0 Å². The van der Waals surface area contributed by atoms with Crippen LogP contribution in [-0.2, 0) is 9.53 Å². The SMILES string of the molecule is CCOC(=O)N1CCC(NC(=O)[C@@H](NC(=O)c2ccc(F)cc2)C(C)C)CC1. The highest BCUT2D eigenvalue weighted by Crippen LogP contribution is 2.13. The summed E-state index contributed by atoms with van der Waals surface area (Å²) in [5.74, 6) is -1.24. The van der Waals surface area contributed by atoms with Crippen LogP contribution >= 0.6 is 0 Å². The van der Waals surface area contributed by atoms with Gasteiger partial charge < -0.3 is 20.3 Å². The number of nitrogens with zero attached hydrogens (tertiary/aromatic N) is 1. The molecule has 28 heavy (non-hydrogen) atoms. The topological polar surface area (TPSA) is 87.7 Å². The fraction of sp³-hybridized carbons (Fsp3) is 0.550. The Morgan fingerprint density at radius 3 is 2.32 bits per heavy atom. The molecule has 0 aromatic heterocycles. The number of amides is 3. The lowest BCUT2D eigenvalue weighted by Crippen LogP contribution is -2.54. The first kappa shape index (κ1) is 21.7. The van der Waals surface area contributed by atoms with E-state index < -0.39 is 17.8 Å². The lowest BCUT2D eigenvalue weighted by Gasteiger charge is -2.33. The molecule has 1 saturated heterocycles. The molecule has 8 heteroatoms. The summed E-state index contributed by atoms with van der Waals surface area (Å²) in [7, 11) is 0. The zero-order valence-corrected chi connectivity index (χ0v) is 16.5. The first-order valence-electron chi connectivity index (χ1n) is 9.60. The number of benzene rings is 1. The van der Waals surface area contributed by atoms with E-state index in [4.69, 9.17) is 4.74 Å². The van der Waals surface area contributed by atoms with Crippen molar-refractivity contribution in [3.05, 3.63) is 35.6 Å². The first-order chi connectivity index (χ1) is 13.3. The van der Waals surface area contributed by atoms with Gasteiger partial charge in [-0.05, 0) is 49.9 Å². The minimum absolute atomic E-state index is 0.0675. The number of ether oxygens (including phenoxy) is 1. The highest BCUT2D eigenvalue weighted by molar-refractivity contribution is 5.97. The summed E-state index contributed by atoms with van der Waals surface area (Å²) in [5, 5.41) is 5.69. The second kappa shape index (κ2) is 10.1. The minimum Gasteiger partial charge on any atom is -0.450 e. The Balaban J connectivity index is 1.90. The molecule has 0 aliphatic carbocycles. The third-order valence-corrected chi connectivity index (χ3v) is 4.71. The highest BCUT2D eigenvalue weighted by Gasteiger charge is 2.29. The maximum absolute atomic E-state index is 13.0. The number of hydrogen-bond acceptors (Lipinski definition) is 4. The molecule has 1 aliphatic rings. The standard InChI is InChI=1S/C20H28FN3O4/c1-4-28-20(27)24-11-9-16(10-12-24)22-19(26)17(13(2)3)23-18(25)14-5-7-15(21)8-6-14/h5-8,13,16-17H,4,9-12H2,1-3H3,(H,22,26)(H,23,25)/t17-/m0/s1. The fourth-order valence-corrected chi connectivity index (χ4v) is 3.07. The van der Waals surface area contributed by atoms with E-state index in [0.29, 0.717) is 38.1 Å². The van der Waals surface area contributed by atoms with Gasteiger partial charge in [0.05, 0.1) is 6.61 Å². The van der Waals surface area contributed by atoms with Gasteiger partial charge in [-0.15, -0.1) is 0 Å². The van der Waals surface area contributed by atoms with Crippen LogP contribution in [0.3, 0.4) is 0 Å². The van der Waals surface area contributed by atoms with E-state index >= 15 is 0 Å². The Kier molecular flexibility index (Phi) is 7.78. The van der Waals surface area contributed by atoms with Gasteiger partial charge >= 0.3 is 6.09 Å². The number of rotatable bonds is 6. The van der Waals surface area contributed by atoms with E-state index in [1.165, 1.54) is 24.3 Å². The van der Waals surface area contributed by atoms with Crippen LogP contribution in [-0.4, -0.2) is 54.6 Å². The number of nitrogens with one attached hydrogen (secondary N) is 2. The van der Waals surface area contributed by atoms with Crippen LogP contribution in [0, 0.1) is 11.7 Å². The van der Waals surface area contributed by atoms with Crippen molar-refractivity contribution in [2.24, 2.45) is 5.92 Å². The molecule has 154 valence electrons. The van der Waals surface area contributed by atoms with Crippen molar-refractivity contribution in [3.8, 4) is 0 Å². The summed E-state index contributed by atoms with van der Waals surface area (Å²) in [6.45, 7) is 6.81. The van der Waals surface area contributed by atoms with E-state index in [9.17, 15) is 18.8 Å². The van der Waals surface area contributed by atoms with Crippen molar-refractivity contribution < 1.29 is 23.5 Å². The number of halogens is 1. The molecular formula is C20H28FN3O4. The molecule has 3 amide bonds. The molecule has 1 atom stereocenters. The van der Waals surface area contributed by atoms with Gasteiger partial charge in [-0.3, -0.25) is 9.59 Å². The van der Waals surface area contributed by atoms with Crippen LogP contribution in [0.4, 0.5) is 9.18 Å². The van der Waals surface area contributed by atoms with Gasteiger partial charge in [-0.2, -0.15) is 0 Å². The zero-order chi connectivity index (χ0) is 20.7. The van der Waals surface area contributed by atoms with E-state index in [2.05, 4.69) is 10.6 Å². The van der Waals surface area contributed by atoms with Crippen molar-refractivity contribution in [3.63, 3.8) is 0 Å². The Hall–Kier alpha value is -2.64. The van der Waals surface area contributed by atoms with Crippen LogP contribution in [0.15, 0.2) is 24.3 Å². The molecule has 0 bridgehead atoms. The lowest BCUT2D eigenvalue weighted by molar-refractivity contribution is -0.124. The lowest BCUT2D eigenvalue weighted by atomic mass is 10.00. The minimum atomic E-state index is -0.708. The molecule has 1 fully saturated rings. The van der Waals surface area contributed by atoms with Crippen molar-refractivity contribution >= 4 is 17.9 Å². The van der Waals surface area contributed by atoms with E-state index in [1.807, 2.05) is 13.8 Å². The number of piperidine rings is 1. The van der Waals surface area contributed by atoms with Crippen molar-refractivity contribution in [2.45, 2.75) is 45.7 Å². The van der Waals surface area contributed by atoms with Gasteiger partial charge in [-0.25, -0.2) is 9.18 Å². The van der Waals surface area contributed by atoms with Gasteiger partial charge in [0, 0.05) is 24.7 Å². The maximum atomic E-state index is 13.0. The van der Waals surface area contributed by atoms with Gasteiger partial charge in [0.25, 0.3) is 5.91 Å². The quantitative estimate of drug-likeness (QED) is 0.776. The summed E-state index contributed by atoms with van der Waals surface area (Å²) < 4.78 is 18.0. The molecule has 0 radical (unpaired) electrons. The van der Waals surface area contributed by atoms with Crippen LogP contribution in [0.2, 0.25) is 0 Å². The molecule has 7 nitrogen and oxygen atoms in total. The molecule has 0 spiro atoms. The van der Waals surface area contributed by atoms with Crippen molar-refractivity contribution in [2.75, 3.05) is 19.7 Å². The van der Waals surface area contributed by atoms with Crippen LogP contribution in [0.5, 0.6) is 0 Å². The normalized spacial score (nSPS) is 15.8. The molecule has 2 rings (SSSR count). The molecular weight excluding hydrogens is 365 g/mol. The van der Waals surface area contributed by atoms with Crippen LogP contribution in [0.25, 0.3) is 0 Å². The molecule has 0 saturated carbocycles. The molecule has 2 N–H and O–H groups in total. The summed E-state index contributed by atoms with van der Waals surface area (Å²) >= 11 is 0. The smallest absolute Gasteiger partial charge is 0.409 e. The monoisotopic (exact) mass is 393 g/mol. The number of likely N-dealkylation sites (tertiary alicyclic amines) is 1. The van der Waals surface area contributed by atoms with E-state index in [-0.39, 0.29) is 24.0 Å². The molecule has 0 unspecified atom stereocenters. The van der Waals surface area contributed by atoms with E-state index in [0.717, 1.165) is 0 Å². The average molecular weight is 393 g/mol. The molecule has 1 aromatic rings. The largest absolute Gasteiger partial charge is 0.450 e. The Labute approximate surface area is 164 Å². The second-order valence-corrected chi connectivity index (χ2v) is 7.17. The van der Waals surface area contributed by atoms with Gasteiger partial charge in [0.1, 0.15) is 11.9 Å².